The fourth-order valence-corrected chi connectivity index (χ4v) is 3.97. The Kier molecular flexibility index (Phi) is 5.57. The number of anilines is 2. The number of thiophene rings is 1. The number of carbonyl (C=O) groups excluding carboxylic acids is 2. The highest BCUT2D eigenvalue weighted by Crippen LogP contribution is 2.32. The largest absolute Gasteiger partial charge is 0.481 e. The first-order chi connectivity index (χ1) is 14.1. The third-order valence-electron chi connectivity index (χ3n) is 4.66. The molecule has 0 bridgehead atoms. The van der Waals surface area contributed by atoms with E-state index in [0.717, 1.165) is 24.1 Å². The minimum absolute atomic E-state index is 0.0285. The van der Waals surface area contributed by atoms with Gasteiger partial charge in [-0.15, -0.1) is 11.3 Å². The number of hydrogen-bond donors (Lipinski definition) is 1. The molecule has 29 heavy (non-hydrogen) atoms. The van der Waals surface area contributed by atoms with Gasteiger partial charge in [-0.05, 0) is 54.1 Å². The fraction of sp³-hybridized carbons (Fsp3) is 0.182. The number of carbonyl (C=O) groups is 2. The van der Waals surface area contributed by atoms with Crippen LogP contribution in [0.5, 0.6) is 5.75 Å². The molecule has 2 heterocycles. The predicted molar refractivity (Wildman–Crippen MR) is 111 cm³/mol. The van der Waals surface area contributed by atoms with Crippen molar-refractivity contribution in [3.8, 4) is 5.75 Å². The molecule has 0 fully saturated rings. The molecule has 5 nitrogen and oxygen atoms in total. The van der Waals surface area contributed by atoms with Crippen molar-refractivity contribution in [3.05, 3.63) is 76.2 Å². The van der Waals surface area contributed by atoms with E-state index in [4.69, 9.17) is 4.74 Å². The molecule has 0 radical (unpaired) electrons. The van der Waals surface area contributed by atoms with Crippen LogP contribution in [0.15, 0.2) is 60.0 Å². The number of hydrogen-bond acceptors (Lipinski definition) is 4. The van der Waals surface area contributed by atoms with Gasteiger partial charge in [0.2, 0.25) is 0 Å². The van der Waals surface area contributed by atoms with E-state index in [1.807, 2.05) is 23.6 Å². The zero-order valence-corrected chi connectivity index (χ0v) is 16.4. The van der Waals surface area contributed by atoms with Gasteiger partial charge in [-0.2, -0.15) is 0 Å². The monoisotopic (exact) mass is 410 g/mol. The van der Waals surface area contributed by atoms with Gasteiger partial charge in [0.15, 0.2) is 18.2 Å². The molecule has 4 rings (SSSR count). The average Bonchev–Trinajstić information content (AvgIpc) is 3.27. The number of benzene rings is 2. The molecule has 148 valence electrons. The minimum Gasteiger partial charge on any atom is -0.481 e. The van der Waals surface area contributed by atoms with E-state index in [9.17, 15) is 14.0 Å². The molecule has 3 aromatic rings. The Labute approximate surface area is 171 Å². The van der Waals surface area contributed by atoms with Gasteiger partial charge < -0.3 is 15.0 Å². The lowest BCUT2D eigenvalue weighted by Crippen LogP contribution is -2.35. The van der Waals surface area contributed by atoms with Gasteiger partial charge in [-0.1, -0.05) is 24.3 Å². The molecule has 7 heteroatoms. The average molecular weight is 410 g/mol. The molecule has 0 spiro atoms. The van der Waals surface area contributed by atoms with Crippen molar-refractivity contribution in [2.24, 2.45) is 0 Å². The smallest absolute Gasteiger partial charge is 0.268 e. The van der Waals surface area contributed by atoms with Crippen molar-refractivity contribution in [1.29, 1.82) is 0 Å². The van der Waals surface area contributed by atoms with E-state index in [0.29, 0.717) is 17.1 Å². The van der Waals surface area contributed by atoms with Crippen molar-refractivity contribution >= 4 is 34.5 Å². The summed E-state index contributed by atoms with van der Waals surface area (Å²) in [5.41, 5.74) is 2.45. The standard InChI is InChI=1S/C22H19FN2O3S/c23-17-6-1-2-7-19(17)28-14-21(26)24-16-10-9-15-5-3-11-25(18(15)13-16)22(27)20-8-4-12-29-20/h1-2,4,6-10,12-13H,3,5,11,14H2,(H,24,26). The Hall–Kier alpha value is -3.19. The molecule has 0 saturated heterocycles. The molecule has 1 aliphatic rings. The Balaban J connectivity index is 1.47. The lowest BCUT2D eigenvalue weighted by atomic mass is 10.0. The molecule has 0 saturated carbocycles. The summed E-state index contributed by atoms with van der Waals surface area (Å²) in [4.78, 5) is 27.5. The number of nitrogens with one attached hydrogen (secondary N) is 1. The van der Waals surface area contributed by atoms with Crippen molar-refractivity contribution in [3.63, 3.8) is 0 Å². The number of fused-ring (bicyclic) bond motifs is 1. The van der Waals surface area contributed by atoms with Crippen LogP contribution in [0.2, 0.25) is 0 Å². The molecular weight excluding hydrogens is 391 g/mol. The van der Waals surface area contributed by atoms with Crippen LogP contribution in [0, 0.1) is 5.82 Å². The summed E-state index contributed by atoms with van der Waals surface area (Å²) in [5.74, 6) is -0.926. The Bertz CT molecular complexity index is 1040. The maximum absolute atomic E-state index is 13.6. The quantitative estimate of drug-likeness (QED) is 0.674. The summed E-state index contributed by atoms with van der Waals surface area (Å²) >= 11 is 1.41. The van der Waals surface area contributed by atoms with Crippen LogP contribution >= 0.6 is 11.3 Å². The maximum Gasteiger partial charge on any atom is 0.268 e. The zero-order valence-electron chi connectivity index (χ0n) is 15.6. The Morgan fingerprint density at radius 1 is 1.14 bits per heavy atom. The van der Waals surface area contributed by atoms with Crippen molar-refractivity contribution in [1.82, 2.24) is 0 Å². The van der Waals surface area contributed by atoms with Crippen molar-refractivity contribution < 1.29 is 18.7 Å². The second-order valence-electron chi connectivity index (χ2n) is 6.65. The first-order valence-corrected chi connectivity index (χ1v) is 10.2. The van der Waals surface area contributed by atoms with Crippen LogP contribution in [0.1, 0.15) is 21.7 Å². The Morgan fingerprint density at radius 2 is 2.00 bits per heavy atom. The number of aryl methyl sites for hydroxylation is 1. The molecule has 2 amide bonds. The molecule has 0 unspecified atom stereocenters. The lowest BCUT2D eigenvalue weighted by Gasteiger charge is -2.29. The van der Waals surface area contributed by atoms with E-state index in [2.05, 4.69) is 5.32 Å². The predicted octanol–water partition coefficient (Wildman–Crippen LogP) is 4.50. The van der Waals surface area contributed by atoms with Crippen LogP contribution in [0.4, 0.5) is 15.8 Å². The molecule has 0 aliphatic carbocycles. The highest BCUT2D eigenvalue weighted by molar-refractivity contribution is 7.12. The van der Waals surface area contributed by atoms with Crippen LogP contribution in [0.3, 0.4) is 0 Å². The first-order valence-electron chi connectivity index (χ1n) is 9.27. The summed E-state index contributed by atoms with van der Waals surface area (Å²) in [5, 5.41) is 4.63. The number of halogens is 1. The van der Waals surface area contributed by atoms with Gasteiger partial charge in [0.05, 0.1) is 4.88 Å². The molecule has 0 atom stereocenters. The number of rotatable bonds is 5. The van der Waals surface area contributed by atoms with E-state index >= 15 is 0 Å². The summed E-state index contributed by atoms with van der Waals surface area (Å²) in [6.45, 7) is 0.327. The normalized spacial score (nSPS) is 12.9. The summed E-state index contributed by atoms with van der Waals surface area (Å²) in [7, 11) is 0. The first kappa shape index (κ1) is 19.1. The fourth-order valence-electron chi connectivity index (χ4n) is 3.30. The second-order valence-corrected chi connectivity index (χ2v) is 7.60. The van der Waals surface area contributed by atoms with Crippen LogP contribution in [0.25, 0.3) is 0 Å². The summed E-state index contributed by atoms with van der Waals surface area (Å²) in [6, 6.07) is 15.1. The molecular formula is C22H19FN2O3S. The van der Waals surface area contributed by atoms with E-state index < -0.39 is 11.7 Å². The van der Waals surface area contributed by atoms with Crippen LogP contribution < -0.4 is 15.0 Å². The topological polar surface area (TPSA) is 58.6 Å². The maximum atomic E-state index is 13.6. The highest BCUT2D eigenvalue weighted by Gasteiger charge is 2.24. The van der Waals surface area contributed by atoms with Gasteiger partial charge in [-0.3, -0.25) is 9.59 Å². The van der Waals surface area contributed by atoms with Crippen LogP contribution in [-0.4, -0.2) is 25.0 Å². The van der Waals surface area contributed by atoms with Crippen molar-refractivity contribution in [2.45, 2.75) is 12.8 Å². The van der Waals surface area contributed by atoms with E-state index in [1.54, 1.807) is 29.2 Å². The SMILES string of the molecule is O=C(COc1ccccc1F)Nc1ccc2c(c1)N(C(=O)c1cccs1)CCC2. The summed E-state index contributed by atoms with van der Waals surface area (Å²) in [6.07, 6.45) is 1.78. The summed E-state index contributed by atoms with van der Waals surface area (Å²) < 4.78 is 18.8. The van der Waals surface area contributed by atoms with Crippen LogP contribution in [-0.2, 0) is 11.2 Å². The number of nitrogens with zero attached hydrogens (tertiary/aromatic N) is 1. The highest BCUT2D eigenvalue weighted by atomic mass is 32.1. The molecule has 1 N–H and O–H groups in total. The number of para-hydroxylation sites is 1. The zero-order chi connectivity index (χ0) is 20.2. The van der Waals surface area contributed by atoms with Gasteiger partial charge >= 0.3 is 0 Å². The lowest BCUT2D eigenvalue weighted by molar-refractivity contribution is -0.118. The minimum atomic E-state index is -0.517. The molecule has 2 aromatic carbocycles. The van der Waals surface area contributed by atoms with E-state index in [1.165, 1.54) is 23.5 Å². The molecule has 1 aromatic heterocycles. The van der Waals surface area contributed by atoms with E-state index in [-0.39, 0.29) is 18.3 Å². The third-order valence-corrected chi connectivity index (χ3v) is 5.52. The van der Waals surface area contributed by atoms with Gasteiger partial charge in [0.25, 0.3) is 11.8 Å². The number of ether oxygens (including phenoxy) is 1. The molecule has 1 aliphatic heterocycles. The van der Waals surface area contributed by atoms with Gasteiger partial charge in [0, 0.05) is 17.9 Å². The van der Waals surface area contributed by atoms with Crippen molar-refractivity contribution in [2.75, 3.05) is 23.4 Å². The number of amides is 2. The van der Waals surface area contributed by atoms with Gasteiger partial charge in [-0.25, -0.2) is 4.39 Å². The third kappa shape index (κ3) is 4.30. The second kappa shape index (κ2) is 8.45. The Morgan fingerprint density at radius 3 is 2.79 bits per heavy atom. The van der Waals surface area contributed by atoms with Gasteiger partial charge in [0.1, 0.15) is 0 Å².